The molecule has 3 heteroatoms. The molecule has 68 valence electrons. The van der Waals surface area contributed by atoms with Crippen LogP contribution in [0.15, 0.2) is 5.16 Å². The first-order valence-electron chi connectivity index (χ1n) is 4.43. The lowest BCUT2D eigenvalue weighted by Gasteiger charge is -2.08. The first-order valence-corrected chi connectivity index (χ1v) is 4.43. The van der Waals surface area contributed by atoms with E-state index in [0.717, 1.165) is 31.4 Å². The summed E-state index contributed by atoms with van der Waals surface area (Å²) in [6.45, 7) is 0. The van der Waals surface area contributed by atoms with E-state index in [1.54, 1.807) is 7.11 Å². The predicted molar refractivity (Wildman–Crippen MR) is 47.2 cm³/mol. The third-order valence-electron chi connectivity index (χ3n) is 2.06. The van der Waals surface area contributed by atoms with Gasteiger partial charge in [-0.05, 0) is 25.7 Å². The number of Topliss-reactive ketones (excluding diaryl/α,β-unsaturated/α-hetero) is 1. The van der Waals surface area contributed by atoms with Crippen molar-refractivity contribution < 1.29 is 9.63 Å². The molecule has 1 rings (SSSR count). The summed E-state index contributed by atoms with van der Waals surface area (Å²) in [5, 5.41) is 3.92. The molecule has 0 N–H and O–H groups in total. The number of hydrogen-bond donors (Lipinski definition) is 0. The molecule has 0 bridgehead atoms. The molecule has 0 amide bonds. The highest BCUT2D eigenvalue weighted by molar-refractivity contribution is 5.86. The van der Waals surface area contributed by atoms with E-state index >= 15 is 0 Å². The average Bonchev–Trinajstić information content (AvgIpc) is 2.00. The van der Waals surface area contributed by atoms with Crippen LogP contribution in [0.5, 0.6) is 0 Å². The summed E-state index contributed by atoms with van der Waals surface area (Å²) >= 11 is 0. The summed E-state index contributed by atoms with van der Waals surface area (Å²) in [5.74, 6) is 0.395. The van der Waals surface area contributed by atoms with E-state index in [1.807, 2.05) is 0 Å². The molecule has 0 aliphatic heterocycles. The number of carbonyl (C=O) groups excluding carboxylic acids is 1. The van der Waals surface area contributed by atoms with Crippen LogP contribution in [0, 0.1) is 0 Å². The average molecular weight is 169 g/mol. The van der Waals surface area contributed by atoms with Crippen LogP contribution in [0.4, 0.5) is 0 Å². The van der Waals surface area contributed by atoms with Crippen LogP contribution < -0.4 is 0 Å². The van der Waals surface area contributed by atoms with Crippen LogP contribution >= 0.6 is 0 Å². The normalized spacial score (nSPS) is 19.8. The van der Waals surface area contributed by atoms with Crippen LogP contribution in [0.2, 0.25) is 0 Å². The Morgan fingerprint density at radius 3 is 2.25 bits per heavy atom. The van der Waals surface area contributed by atoms with Crippen LogP contribution in [0.1, 0.15) is 38.5 Å². The van der Waals surface area contributed by atoms with Crippen LogP contribution in [-0.2, 0) is 9.63 Å². The summed E-state index contributed by atoms with van der Waals surface area (Å²) in [7, 11) is 1.57. The third kappa shape index (κ3) is 3.03. The number of ketones is 1. The minimum absolute atomic E-state index is 0.395. The summed E-state index contributed by atoms with van der Waals surface area (Å²) in [6.07, 6.45) is 5.12. The maximum Gasteiger partial charge on any atom is 0.132 e. The van der Waals surface area contributed by atoms with Gasteiger partial charge in [-0.3, -0.25) is 4.79 Å². The molecule has 1 saturated carbocycles. The molecule has 1 aliphatic rings. The standard InChI is InChI=1S/C9H15NO2/c1-12-10-8-4-2-6-9(11)7-3-5-8/h2-7H2,1H3. The fourth-order valence-corrected chi connectivity index (χ4v) is 1.45. The Morgan fingerprint density at radius 2 is 1.75 bits per heavy atom. The molecule has 1 fully saturated rings. The highest BCUT2D eigenvalue weighted by atomic mass is 16.6. The lowest BCUT2D eigenvalue weighted by Crippen LogP contribution is -2.08. The van der Waals surface area contributed by atoms with Gasteiger partial charge in [-0.25, -0.2) is 0 Å². The molecular weight excluding hydrogens is 154 g/mol. The molecule has 0 saturated heterocycles. The summed E-state index contributed by atoms with van der Waals surface area (Å²) in [4.78, 5) is 15.7. The van der Waals surface area contributed by atoms with E-state index in [0.29, 0.717) is 18.6 Å². The van der Waals surface area contributed by atoms with Gasteiger partial charge in [0, 0.05) is 12.8 Å². The molecule has 0 aromatic carbocycles. The van der Waals surface area contributed by atoms with Crippen molar-refractivity contribution >= 4 is 11.5 Å². The molecule has 0 aromatic rings. The molecule has 0 heterocycles. The summed E-state index contributed by atoms with van der Waals surface area (Å²) in [5.41, 5.74) is 1.10. The van der Waals surface area contributed by atoms with Gasteiger partial charge in [0.25, 0.3) is 0 Å². The fraction of sp³-hybridized carbons (Fsp3) is 0.778. The molecule has 0 atom stereocenters. The Morgan fingerprint density at radius 1 is 1.17 bits per heavy atom. The first kappa shape index (κ1) is 9.23. The van der Waals surface area contributed by atoms with E-state index in [1.165, 1.54) is 0 Å². The van der Waals surface area contributed by atoms with Crippen molar-refractivity contribution in [3.05, 3.63) is 0 Å². The molecule has 0 spiro atoms. The fourth-order valence-electron chi connectivity index (χ4n) is 1.45. The van der Waals surface area contributed by atoms with Crippen LogP contribution in [0.25, 0.3) is 0 Å². The zero-order valence-corrected chi connectivity index (χ0v) is 7.51. The molecule has 3 nitrogen and oxygen atoms in total. The van der Waals surface area contributed by atoms with Gasteiger partial charge in [-0.1, -0.05) is 5.16 Å². The van der Waals surface area contributed by atoms with E-state index in [-0.39, 0.29) is 0 Å². The van der Waals surface area contributed by atoms with Gasteiger partial charge in [0.05, 0.1) is 5.71 Å². The molecule has 0 aromatic heterocycles. The van der Waals surface area contributed by atoms with Crippen LogP contribution in [0.3, 0.4) is 0 Å². The van der Waals surface area contributed by atoms with Gasteiger partial charge < -0.3 is 4.84 Å². The van der Waals surface area contributed by atoms with Crippen molar-refractivity contribution in [3.8, 4) is 0 Å². The first-order chi connectivity index (χ1) is 5.83. The van der Waals surface area contributed by atoms with Gasteiger partial charge in [-0.2, -0.15) is 0 Å². The summed E-state index contributed by atoms with van der Waals surface area (Å²) in [6, 6.07) is 0. The Hall–Kier alpha value is -0.860. The minimum atomic E-state index is 0.395. The second kappa shape index (κ2) is 4.91. The number of hydrogen-bond acceptors (Lipinski definition) is 3. The predicted octanol–water partition coefficient (Wildman–Crippen LogP) is 1.91. The van der Waals surface area contributed by atoms with E-state index in [4.69, 9.17) is 4.84 Å². The van der Waals surface area contributed by atoms with Crippen molar-refractivity contribution in [3.63, 3.8) is 0 Å². The molecule has 0 radical (unpaired) electrons. The van der Waals surface area contributed by atoms with Crippen molar-refractivity contribution in [2.24, 2.45) is 5.16 Å². The van der Waals surface area contributed by atoms with Crippen molar-refractivity contribution in [2.45, 2.75) is 38.5 Å². The smallest absolute Gasteiger partial charge is 0.132 e. The zero-order chi connectivity index (χ0) is 8.81. The van der Waals surface area contributed by atoms with Gasteiger partial charge in [0.15, 0.2) is 0 Å². The van der Waals surface area contributed by atoms with Crippen molar-refractivity contribution in [1.82, 2.24) is 0 Å². The zero-order valence-electron chi connectivity index (χ0n) is 7.51. The number of nitrogens with zero attached hydrogens (tertiary/aromatic N) is 1. The molecular formula is C9H15NO2. The van der Waals surface area contributed by atoms with Gasteiger partial charge in [-0.15, -0.1) is 0 Å². The highest BCUT2D eigenvalue weighted by Gasteiger charge is 2.09. The van der Waals surface area contributed by atoms with Gasteiger partial charge in [0.1, 0.15) is 12.9 Å². The second-order valence-electron chi connectivity index (χ2n) is 3.09. The van der Waals surface area contributed by atoms with E-state index in [2.05, 4.69) is 5.16 Å². The van der Waals surface area contributed by atoms with Crippen molar-refractivity contribution in [1.29, 1.82) is 0 Å². The summed E-state index contributed by atoms with van der Waals surface area (Å²) < 4.78 is 0. The number of rotatable bonds is 1. The largest absolute Gasteiger partial charge is 0.399 e. The number of carbonyl (C=O) groups is 1. The van der Waals surface area contributed by atoms with E-state index < -0.39 is 0 Å². The van der Waals surface area contributed by atoms with Gasteiger partial charge >= 0.3 is 0 Å². The third-order valence-corrected chi connectivity index (χ3v) is 2.06. The number of oxime groups is 1. The second-order valence-corrected chi connectivity index (χ2v) is 3.09. The lowest BCUT2D eigenvalue weighted by atomic mass is 9.98. The van der Waals surface area contributed by atoms with Gasteiger partial charge in [0.2, 0.25) is 0 Å². The Balaban J connectivity index is 2.40. The minimum Gasteiger partial charge on any atom is -0.399 e. The quantitative estimate of drug-likeness (QED) is 0.562. The maximum absolute atomic E-state index is 11.0. The van der Waals surface area contributed by atoms with Crippen molar-refractivity contribution in [2.75, 3.05) is 7.11 Å². The Labute approximate surface area is 72.8 Å². The Kier molecular flexibility index (Phi) is 3.77. The maximum atomic E-state index is 11.0. The molecule has 0 unspecified atom stereocenters. The molecule has 12 heavy (non-hydrogen) atoms. The highest BCUT2D eigenvalue weighted by Crippen LogP contribution is 2.12. The lowest BCUT2D eigenvalue weighted by molar-refractivity contribution is -0.119. The van der Waals surface area contributed by atoms with Crippen LogP contribution in [-0.4, -0.2) is 18.6 Å². The molecule has 1 aliphatic carbocycles. The SMILES string of the molecule is CON=C1CCCC(=O)CCC1. The van der Waals surface area contributed by atoms with E-state index in [9.17, 15) is 4.79 Å². The monoisotopic (exact) mass is 169 g/mol. The Bertz CT molecular complexity index is 173. The topological polar surface area (TPSA) is 38.7 Å².